The van der Waals surface area contributed by atoms with Gasteiger partial charge in [-0.1, -0.05) is 11.6 Å². The van der Waals surface area contributed by atoms with Gasteiger partial charge in [-0.15, -0.1) is 0 Å². The molecule has 0 aliphatic heterocycles. The molecule has 2 aromatic rings. The zero-order valence-electron chi connectivity index (χ0n) is 9.67. The number of aromatic nitrogens is 2. The van der Waals surface area contributed by atoms with Gasteiger partial charge in [0.2, 0.25) is 11.0 Å². The van der Waals surface area contributed by atoms with Crippen LogP contribution < -0.4 is 4.72 Å². The largest absolute Gasteiger partial charge is 0.475 e. The Labute approximate surface area is 136 Å². The molecular weight excluding hydrogens is 413 g/mol. The molecule has 0 amide bonds. The average molecular weight is 417 g/mol. The number of rotatable bonds is 4. The number of anilines is 1. The molecule has 2 rings (SSSR count). The molecule has 112 valence electrons. The molecule has 0 atom stereocenters. The lowest BCUT2D eigenvalue weighted by atomic mass is 10.5. The summed E-state index contributed by atoms with van der Waals surface area (Å²) in [4.78, 5) is 17.5. The zero-order valence-corrected chi connectivity index (χ0v) is 13.6. The molecule has 0 radical (unpaired) electrons. The molecule has 12 heteroatoms. The minimum Gasteiger partial charge on any atom is -0.475 e. The summed E-state index contributed by atoms with van der Waals surface area (Å²) in [6.07, 6.45) is 0. The van der Waals surface area contributed by atoms with Gasteiger partial charge in [-0.05, 0) is 27.5 Å². The molecule has 8 nitrogen and oxygen atoms in total. The Morgan fingerprint density at radius 3 is 2.52 bits per heavy atom. The summed E-state index contributed by atoms with van der Waals surface area (Å²) in [5.41, 5.74) is 0. The van der Waals surface area contributed by atoms with E-state index in [0.29, 0.717) is 0 Å². The maximum Gasteiger partial charge on any atom is 0.371 e. The third-order valence-corrected chi connectivity index (χ3v) is 4.64. The summed E-state index contributed by atoms with van der Waals surface area (Å²) in [5, 5.41) is 8.45. The van der Waals surface area contributed by atoms with Gasteiger partial charge in [0, 0.05) is 12.1 Å². The highest BCUT2D eigenvalue weighted by Gasteiger charge is 2.25. The predicted molar refractivity (Wildman–Crippen MR) is 76.2 cm³/mol. The van der Waals surface area contributed by atoms with Gasteiger partial charge in [0.15, 0.2) is 4.67 Å². The SMILES string of the molecule is O=C(O)c1cc(S(=O)(=O)Nc2cc(Cl)nc(Cl)n2)c(Br)o1. The van der Waals surface area contributed by atoms with E-state index in [9.17, 15) is 13.2 Å². The number of nitrogens with one attached hydrogen (secondary N) is 1. The van der Waals surface area contributed by atoms with Crippen molar-refractivity contribution in [3.05, 3.63) is 33.0 Å². The second-order valence-electron chi connectivity index (χ2n) is 3.50. The van der Waals surface area contributed by atoms with Crippen molar-refractivity contribution in [2.75, 3.05) is 4.72 Å². The van der Waals surface area contributed by atoms with Crippen LogP contribution in [0.5, 0.6) is 0 Å². The fourth-order valence-electron chi connectivity index (χ4n) is 1.28. The first-order chi connectivity index (χ1) is 9.69. The van der Waals surface area contributed by atoms with Crippen molar-refractivity contribution in [3.8, 4) is 0 Å². The van der Waals surface area contributed by atoms with Crippen LogP contribution in [0.4, 0.5) is 5.82 Å². The maximum absolute atomic E-state index is 12.1. The van der Waals surface area contributed by atoms with E-state index in [0.717, 1.165) is 12.1 Å². The van der Waals surface area contributed by atoms with E-state index in [1.807, 2.05) is 0 Å². The van der Waals surface area contributed by atoms with Crippen LogP contribution in [0.3, 0.4) is 0 Å². The normalized spacial score (nSPS) is 11.4. The Kier molecular flexibility index (Phi) is 4.42. The number of sulfonamides is 1. The second kappa shape index (κ2) is 5.79. The summed E-state index contributed by atoms with van der Waals surface area (Å²) in [5.74, 6) is -2.13. The van der Waals surface area contributed by atoms with Crippen LogP contribution in [0.2, 0.25) is 10.4 Å². The van der Waals surface area contributed by atoms with Crippen molar-refractivity contribution in [2.45, 2.75) is 4.90 Å². The van der Waals surface area contributed by atoms with Crippen molar-refractivity contribution >= 4 is 60.9 Å². The van der Waals surface area contributed by atoms with Gasteiger partial charge in [-0.25, -0.2) is 18.2 Å². The molecule has 0 aromatic carbocycles. The maximum atomic E-state index is 12.1. The first-order valence-corrected chi connectivity index (χ1v) is 7.98. The minimum absolute atomic E-state index is 0.0646. The molecule has 2 aromatic heterocycles. The third-order valence-electron chi connectivity index (χ3n) is 2.06. The first kappa shape index (κ1) is 16.0. The van der Waals surface area contributed by atoms with E-state index < -0.39 is 26.6 Å². The van der Waals surface area contributed by atoms with Gasteiger partial charge in [0.25, 0.3) is 10.0 Å². The number of nitrogens with zero attached hydrogens (tertiary/aromatic N) is 2. The first-order valence-electron chi connectivity index (χ1n) is 4.94. The van der Waals surface area contributed by atoms with Gasteiger partial charge >= 0.3 is 5.97 Å². The smallest absolute Gasteiger partial charge is 0.371 e. The van der Waals surface area contributed by atoms with Crippen molar-refractivity contribution in [3.63, 3.8) is 0 Å². The molecule has 0 unspecified atom stereocenters. The highest BCUT2D eigenvalue weighted by atomic mass is 79.9. The number of carboxylic acids is 1. The number of carbonyl (C=O) groups is 1. The molecule has 0 spiro atoms. The van der Waals surface area contributed by atoms with Crippen LogP contribution in [0.1, 0.15) is 10.6 Å². The topological polar surface area (TPSA) is 122 Å². The lowest BCUT2D eigenvalue weighted by Crippen LogP contribution is -2.14. The quantitative estimate of drug-likeness (QED) is 0.580. The standard InChI is InChI=1S/C9H4BrCl2N3O5S/c10-7-4(1-3(20-7)8(16)17)21(18,19)15-6-2-5(11)13-9(12)14-6/h1-2H,(H,16,17)(H,13,14,15). The lowest BCUT2D eigenvalue weighted by Gasteiger charge is -2.05. The summed E-state index contributed by atoms with van der Waals surface area (Å²) < 4.78 is 30.9. The molecule has 2 heterocycles. The van der Waals surface area contributed by atoms with Crippen LogP contribution in [0.25, 0.3) is 0 Å². The zero-order chi connectivity index (χ0) is 15.8. The van der Waals surface area contributed by atoms with Crippen molar-refractivity contribution in [2.24, 2.45) is 0 Å². The number of aromatic carboxylic acids is 1. The van der Waals surface area contributed by atoms with Crippen molar-refractivity contribution in [1.82, 2.24) is 9.97 Å². The predicted octanol–water partition coefficient (Wildman–Crippen LogP) is 2.64. The Balaban J connectivity index is 2.40. The highest BCUT2D eigenvalue weighted by molar-refractivity contribution is 9.10. The molecule has 0 fully saturated rings. The van der Waals surface area contributed by atoms with E-state index in [1.165, 1.54) is 0 Å². The molecule has 0 bridgehead atoms. The van der Waals surface area contributed by atoms with Gasteiger partial charge in [-0.2, -0.15) is 4.98 Å². The van der Waals surface area contributed by atoms with Gasteiger partial charge < -0.3 is 9.52 Å². The summed E-state index contributed by atoms with van der Waals surface area (Å²) in [6.45, 7) is 0. The van der Waals surface area contributed by atoms with E-state index in [1.54, 1.807) is 0 Å². The van der Waals surface area contributed by atoms with Crippen molar-refractivity contribution in [1.29, 1.82) is 0 Å². The van der Waals surface area contributed by atoms with Gasteiger partial charge in [-0.3, -0.25) is 4.72 Å². The van der Waals surface area contributed by atoms with Crippen LogP contribution in [-0.4, -0.2) is 29.5 Å². The van der Waals surface area contributed by atoms with E-state index in [-0.39, 0.29) is 20.9 Å². The Morgan fingerprint density at radius 1 is 1.33 bits per heavy atom. The fourth-order valence-corrected chi connectivity index (χ4v) is 3.62. The molecule has 0 saturated carbocycles. The number of halogens is 3. The molecule has 0 aliphatic carbocycles. The van der Waals surface area contributed by atoms with E-state index in [2.05, 4.69) is 30.6 Å². The lowest BCUT2D eigenvalue weighted by molar-refractivity contribution is 0.0661. The van der Waals surface area contributed by atoms with Crippen LogP contribution in [0.15, 0.2) is 26.1 Å². The molecule has 21 heavy (non-hydrogen) atoms. The van der Waals surface area contributed by atoms with Crippen molar-refractivity contribution < 1.29 is 22.7 Å². The van der Waals surface area contributed by atoms with E-state index >= 15 is 0 Å². The number of furan rings is 1. The summed E-state index contributed by atoms with van der Waals surface area (Å²) in [6, 6.07) is 1.98. The van der Waals surface area contributed by atoms with Gasteiger partial charge in [0.1, 0.15) is 15.9 Å². The molecule has 0 saturated heterocycles. The third kappa shape index (κ3) is 3.64. The van der Waals surface area contributed by atoms with Crippen LogP contribution in [-0.2, 0) is 10.0 Å². The molecule has 2 N–H and O–H groups in total. The monoisotopic (exact) mass is 415 g/mol. The number of carboxylic acid groups (broad SMARTS) is 1. The second-order valence-corrected chi connectivity index (χ2v) is 6.60. The molecular formula is C9H4BrCl2N3O5S. The highest BCUT2D eigenvalue weighted by Crippen LogP contribution is 2.28. The fraction of sp³-hybridized carbons (Fsp3) is 0. The van der Waals surface area contributed by atoms with Crippen LogP contribution in [0, 0.1) is 0 Å². The van der Waals surface area contributed by atoms with E-state index in [4.69, 9.17) is 32.7 Å². The Bertz CT molecular complexity index is 803. The molecule has 0 aliphatic rings. The number of hydrogen-bond donors (Lipinski definition) is 2. The average Bonchev–Trinajstić information content (AvgIpc) is 2.70. The minimum atomic E-state index is -4.15. The summed E-state index contributed by atoms with van der Waals surface area (Å²) >= 11 is 14.0. The Morgan fingerprint density at radius 2 is 2.00 bits per heavy atom. The van der Waals surface area contributed by atoms with Gasteiger partial charge in [0.05, 0.1) is 0 Å². The summed E-state index contributed by atoms with van der Waals surface area (Å²) in [7, 11) is -4.15. The van der Waals surface area contributed by atoms with Crippen LogP contribution >= 0.6 is 39.1 Å². The Hall–Kier alpha value is -1.36. The number of hydrogen-bond acceptors (Lipinski definition) is 6.